The van der Waals surface area contributed by atoms with Gasteiger partial charge in [-0.05, 0) is 24.3 Å². The Morgan fingerprint density at radius 1 is 1.35 bits per heavy atom. The zero-order valence-corrected chi connectivity index (χ0v) is 13.9. The fourth-order valence-corrected chi connectivity index (χ4v) is 2.99. The Labute approximate surface area is 137 Å². The van der Waals surface area contributed by atoms with E-state index in [9.17, 15) is 4.79 Å². The van der Waals surface area contributed by atoms with Crippen LogP contribution in [0.25, 0.3) is 0 Å². The molecule has 1 aromatic carbocycles. The fraction of sp³-hybridized carbons (Fsp3) is 0.188. The molecule has 0 spiro atoms. The summed E-state index contributed by atoms with van der Waals surface area (Å²) < 4.78 is 8.10. The Morgan fingerprint density at radius 3 is 2.57 bits per heavy atom. The lowest BCUT2D eigenvalue weighted by molar-refractivity contribution is -0.342. The zero-order chi connectivity index (χ0) is 17.0. The first kappa shape index (κ1) is 16.8. The van der Waals surface area contributed by atoms with E-state index >= 15 is 0 Å². The number of aromatic nitrogens is 1. The first-order valence-corrected chi connectivity index (χ1v) is 8.36. The van der Waals surface area contributed by atoms with Crippen molar-refractivity contribution < 1.29 is 4.99 Å². The number of amidine groups is 1. The highest BCUT2D eigenvalue weighted by Crippen LogP contribution is 2.18. The van der Waals surface area contributed by atoms with Crippen LogP contribution in [0.2, 0.25) is 0 Å². The number of nitrogens with one attached hydrogen (secondary N) is 3. The summed E-state index contributed by atoms with van der Waals surface area (Å²) in [6.45, 7) is 7.61. The number of nitrogens with two attached hydrogens (primary N) is 1. The highest BCUT2D eigenvalue weighted by Gasteiger charge is 2.14. The number of nitrogens with zero attached hydrogens (tertiary/aromatic N) is 1. The predicted molar refractivity (Wildman–Crippen MR) is 95.1 cm³/mol. The molecule has 2 aromatic rings. The molecule has 5 N–H and O–H groups in total. The van der Waals surface area contributed by atoms with Crippen LogP contribution in [0.1, 0.15) is 19.4 Å². The van der Waals surface area contributed by atoms with Crippen LogP contribution in [0.3, 0.4) is 0 Å². The van der Waals surface area contributed by atoms with E-state index in [1.807, 2.05) is 26.0 Å². The maximum atomic E-state index is 11.9. The molecular weight excluding hydrogens is 310 g/mol. The molecule has 2 rings (SSSR count). The number of hydrogen-bond donors (Lipinski definition) is 4. The minimum Gasteiger partial charge on any atom is -0.383 e. The molecule has 0 amide bonds. The smallest absolute Gasteiger partial charge is 0.265 e. The number of aromatic amines is 1. The third kappa shape index (κ3) is 3.81. The maximum absolute atomic E-state index is 11.9. The summed E-state index contributed by atoms with van der Waals surface area (Å²) in [4.78, 5) is 22.4. The van der Waals surface area contributed by atoms with Gasteiger partial charge in [0.05, 0.1) is 5.69 Å². The second-order valence-corrected chi connectivity index (χ2v) is 7.24. The summed E-state index contributed by atoms with van der Waals surface area (Å²) in [5.41, 5.74) is 7.05. The molecule has 0 aliphatic heterocycles. The lowest BCUT2D eigenvalue weighted by atomic mass is 10.2. The SMILES string of the molecule is C=[NH+]c1cc[nH]c(=O)c1C(N)=Nc1ccc(S(=N)C(C)C)cc1. The van der Waals surface area contributed by atoms with Crippen molar-refractivity contribution in [2.45, 2.75) is 24.0 Å². The molecule has 1 aromatic heterocycles. The molecule has 120 valence electrons. The standard InChI is InChI=1S/C16H19N5OS/c1-10(2)23(18)12-6-4-11(5-7-12)21-15(17)14-13(19-3)8-9-20-16(14)22/h4-10,18H,3H2,1-2H3,(H2,17,21)(H,20,22)/p+1. The summed E-state index contributed by atoms with van der Waals surface area (Å²) >= 11 is 0. The summed E-state index contributed by atoms with van der Waals surface area (Å²) in [6.07, 6.45) is 1.52. The van der Waals surface area contributed by atoms with Crippen molar-refractivity contribution in [2.75, 3.05) is 0 Å². The van der Waals surface area contributed by atoms with E-state index in [2.05, 4.69) is 21.7 Å². The Morgan fingerprint density at radius 2 is 2.00 bits per heavy atom. The topological polar surface area (TPSA) is 109 Å². The number of pyridine rings is 1. The maximum Gasteiger partial charge on any atom is 0.265 e. The van der Waals surface area contributed by atoms with Gasteiger partial charge < -0.3 is 10.7 Å². The quantitative estimate of drug-likeness (QED) is 0.484. The molecule has 0 saturated heterocycles. The third-order valence-corrected chi connectivity index (χ3v) is 4.94. The van der Waals surface area contributed by atoms with E-state index in [1.54, 1.807) is 18.2 Å². The van der Waals surface area contributed by atoms with E-state index < -0.39 is 10.7 Å². The zero-order valence-electron chi connectivity index (χ0n) is 13.1. The number of rotatable bonds is 5. The van der Waals surface area contributed by atoms with Gasteiger partial charge in [0, 0.05) is 22.4 Å². The molecule has 1 unspecified atom stereocenters. The molecular formula is C16H20N5OS+. The second-order valence-electron chi connectivity index (χ2n) is 5.15. The van der Waals surface area contributed by atoms with Crippen LogP contribution >= 0.6 is 0 Å². The largest absolute Gasteiger partial charge is 0.383 e. The minimum absolute atomic E-state index is 0.111. The average Bonchev–Trinajstić information content (AvgIpc) is 2.54. The molecule has 0 aliphatic rings. The van der Waals surface area contributed by atoms with E-state index in [0.717, 1.165) is 4.90 Å². The van der Waals surface area contributed by atoms with Gasteiger partial charge in [0.2, 0.25) is 5.69 Å². The molecule has 23 heavy (non-hydrogen) atoms. The lowest BCUT2D eigenvalue weighted by Crippen LogP contribution is -2.59. The van der Waals surface area contributed by atoms with Crippen LogP contribution in [0.15, 0.2) is 51.2 Å². The van der Waals surface area contributed by atoms with Crippen molar-refractivity contribution >= 4 is 34.6 Å². The van der Waals surface area contributed by atoms with E-state index in [4.69, 9.17) is 10.5 Å². The molecule has 0 radical (unpaired) electrons. The van der Waals surface area contributed by atoms with Crippen LogP contribution in [0.5, 0.6) is 0 Å². The van der Waals surface area contributed by atoms with E-state index in [0.29, 0.717) is 11.4 Å². The van der Waals surface area contributed by atoms with Crippen molar-refractivity contribution in [3.63, 3.8) is 0 Å². The summed E-state index contributed by atoms with van der Waals surface area (Å²) in [6, 6.07) is 9.01. The lowest BCUT2D eigenvalue weighted by Gasteiger charge is -2.09. The Hall–Kier alpha value is -2.54. The van der Waals surface area contributed by atoms with Crippen molar-refractivity contribution in [2.24, 2.45) is 10.7 Å². The van der Waals surface area contributed by atoms with Crippen LogP contribution < -0.4 is 16.3 Å². The van der Waals surface area contributed by atoms with Crippen molar-refractivity contribution in [3.8, 4) is 0 Å². The molecule has 1 heterocycles. The van der Waals surface area contributed by atoms with Gasteiger partial charge in [-0.3, -0.25) is 9.57 Å². The van der Waals surface area contributed by atoms with Crippen molar-refractivity contribution in [1.29, 1.82) is 4.78 Å². The first-order valence-electron chi connectivity index (χ1n) is 7.07. The van der Waals surface area contributed by atoms with Crippen LogP contribution in [0, 0.1) is 4.78 Å². The summed E-state index contributed by atoms with van der Waals surface area (Å²) in [5, 5.41) is 0.267. The highest BCUT2D eigenvalue weighted by atomic mass is 32.2. The van der Waals surface area contributed by atoms with Crippen molar-refractivity contribution in [1.82, 2.24) is 4.98 Å². The normalized spacial score (nSPS) is 13.1. The predicted octanol–water partition coefficient (Wildman–Crippen LogP) is 0.973. The summed E-state index contributed by atoms with van der Waals surface area (Å²) in [5.74, 6) is 0.111. The highest BCUT2D eigenvalue weighted by molar-refractivity contribution is 7.86. The molecule has 0 saturated carbocycles. The van der Waals surface area contributed by atoms with Gasteiger partial charge in [-0.15, -0.1) is 0 Å². The van der Waals surface area contributed by atoms with Crippen LogP contribution in [0.4, 0.5) is 11.4 Å². The first-order chi connectivity index (χ1) is 10.9. The Balaban J connectivity index is 2.37. The van der Waals surface area contributed by atoms with Crippen LogP contribution in [-0.4, -0.2) is 22.8 Å². The van der Waals surface area contributed by atoms with Gasteiger partial charge in [0.1, 0.15) is 12.6 Å². The average molecular weight is 330 g/mol. The second kappa shape index (κ2) is 7.15. The number of aliphatic imine (C=N–C) groups is 1. The van der Waals surface area contributed by atoms with Gasteiger partial charge in [-0.1, -0.05) is 24.5 Å². The number of hydrogen-bond acceptors (Lipinski definition) is 3. The molecule has 6 nitrogen and oxygen atoms in total. The minimum atomic E-state index is -0.554. The van der Waals surface area contributed by atoms with Gasteiger partial charge in [-0.2, -0.15) is 0 Å². The molecule has 0 aliphatic carbocycles. The molecule has 0 fully saturated rings. The number of benzene rings is 1. The molecule has 1 atom stereocenters. The number of H-pyrrole nitrogens is 1. The van der Waals surface area contributed by atoms with Gasteiger partial charge in [0.25, 0.3) is 5.56 Å². The third-order valence-electron chi connectivity index (χ3n) is 3.22. The van der Waals surface area contributed by atoms with E-state index in [-0.39, 0.29) is 22.2 Å². The van der Waals surface area contributed by atoms with E-state index in [1.165, 1.54) is 6.20 Å². The molecule has 0 bridgehead atoms. The molecule has 7 heteroatoms. The van der Waals surface area contributed by atoms with Gasteiger partial charge >= 0.3 is 0 Å². The Bertz CT molecular complexity index is 821. The van der Waals surface area contributed by atoms with Crippen molar-refractivity contribution in [3.05, 3.63) is 52.4 Å². The van der Waals surface area contributed by atoms with Crippen LogP contribution in [-0.2, 0) is 10.7 Å². The fourth-order valence-electron chi connectivity index (χ4n) is 2.01. The summed E-state index contributed by atoms with van der Waals surface area (Å²) in [7, 11) is -0.554. The van der Waals surface area contributed by atoms with Gasteiger partial charge in [0.15, 0.2) is 5.56 Å². The van der Waals surface area contributed by atoms with Gasteiger partial charge in [-0.25, -0.2) is 9.98 Å². The Kier molecular flexibility index (Phi) is 5.23. The monoisotopic (exact) mass is 330 g/mol.